The van der Waals surface area contributed by atoms with Gasteiger partial charge in [-0.2, -0.15) is 0 Å². The predicted octanol–water partition coefficient (Wildman–Crippen LogP) is 4.92. The van der Waals surface area contributed by atoms with Crippen molar-refractivity contribution in [3.63, 3.8) is 0 Å². The van der Waals surface area contributed by atoms with Gasteiger partial charge in [-0.25, -0.2) is 0 Å². The van der Waals surface area contributed by atoms with Gasteiger partial charge in [0.25, 0.3) is 0 Å². The van der Waals surface area contributed by atoms with Crippen molar-refractivity contribution in [3.05, 3.63) is 40.8 Å². The van der Waals surface area contributed by atoms with Gasteiger partial charge >= 0.3 is 0 Å². The van der Waals surface area contributed by atoms with Gasteiger partial charge in [-0.05, 0) is 31.9 Å². The van der Waals surface area contributed by atoms with Crippen LogP contribution in [0.4, 0.5) is 0 Å². The van der Waals surface area contributed by atoms with E-state index in [4.69, 9.17) is 9.15 Å². The summed E-state index contributed by atoms with van der Waals surface area (Å²) in [5.41, 5.74) is 0.557. The lowest BCUT2D eigenvalue weighted by atomic mass is 10.1. The van der Waals surface area contributed by atoms with Crippen LogP contribution in [0.15, 0.2) is 39.7 Å². The van der Waals surface area contributed by atoms with Crippen LogP contribution < -0.4 is 10.2 Å². The number of hydrogen-bond donors (Lipinski definition) is 0. The van der Waals surface area contributed by atoms with Crippen LogP contribution in [-0.4, -0.2) is 6.10 Å². The van der Waals surface area contributed by atoms with Crippen LogP contribution in [0.5, 0.6) is 5.75 Å². The molecule has 0 amide bonds. The smallest absolute Gasteiger partial charge is 0.192 e. The SMILES string of the molecule is CCCCCCC[C@@H](C)Oc1ccc2c(=O)ccoc2c1. The molecule has 0 aliphatic heterocycles. The second-order valence-corrected chi connectivity index (χ2v) is 5.57. The van der Waals surface area contributed by atoms with E-state index in [-0.39, 0.29) is 11.5 Å². The lowest BCUT2D eigenvalue weighted by Crippen LogP contribution is -2.11. The molecule has 1 atom stereocenters. The van der Waals surface area contributed by atoms with Gasteiger partial charge in [-0.3, -0.25) is 4.79 Å². The maximum absolute atomic E-state index is 11.6. The summed E-state index contributed by atoms with van der Waals surface area (Å²) in [6.45, 7) is 4.31. The largest absolute Gasteiger partial charge is 0.491 e. The molecule has 21 heavy (non-hydrogen) atoms. The van der Waals surface area contributed by atoms with Crippen LogP contribution in [0.3, 0.4) is 0 Å². The van der Waals surface area contributed by atoms with E-state index in [0.29, 0.717) is 11.0 Å². The zero-order valence-electron chi connectivity index (χ0n) is 12.9. The van der Waals surface area contributed by atoms with E-state index in [1.807, 2.05) is 6.07 Å². The summed E-state index contributed by atoms with van der Waals surface area (Å²) in [7, 11) is 0. The Balaban J connectivity index is 1.89. The first-order valence-electron chi connectivity index (χ1n) is 7.89. The Hall–Kier alpha value is -1.77. The standard InChI is InChI=1S/C18H24O3/c1-3-4-5-6-7-8-14(2)21-15-9-10-16-17(19)11-12-20-18(16)13-15/h9-14H,3-8H2,1-2H3/t14-/m1/s1. The fourth-order valence-electron chi connectivity index (χ4n) is 2.46. The minimum atomic E-state index is -0.0215. The molecule has 114 valence electrons. The minimum Gasteiger partial charge on any atom is -0.491 e. The summed E-state index contributed by atoms with van der Waals surface area (Å²) in [4.78, 5) is 11.6. The van der Waals surface area contributed by atoms with Crippen LogP contribution >= 0.6 is 0 Å². The molecular weight excluding hydrogens is 264 g/mol. The Morgan fingerprint density at radius 3 is 2.76 bits per heavy atom. The summed E-state index contributed by atoms with van der Waals surface area (Å²) in [5, 5.41) is 0.595. The van der Waals surface area contributed by atoms with Crippen molar-refractivity contribution in [2.75, 3.05) is 0 Å². The zero-order chi connectivity index (χ0) is 15.1. The van der Waals surface area contributed by atoms with Gasteiger partial charge in [0.15, 0.2) is 5.43 Å². The quantitative estimate of drug-likeness (QED) is 0.647. The lowest BCUT2D eigenvalue weighted by molar-refractivity contribution is 0.206. The van der Waals surface area contributed by atoms with E-state index in [9.17, 15) is 4.79 Å². The Labute approximate surface area is 125 Å². The fourth-order valence-corrected chi connectivity index (χ4v) is 2.46. The van der Waals surface area contributed by atoms with Gasteiger partial charge < -0.3 is 9.15 Å². The molecule has 3 nitrogen and oxygen atoms in total. The highest BCUT2D eigenvalue weighted by atomic mass is 16.5. The van der Waals surface area contributed by atoms with E-state index >= 15 is 0 Å². The average molecular weight is 288 g/mol. The Bertz CT molecular complexity index is 615. The van der Waals surface area contributed by atoms with Crippen molar-refractivity contribution >= 4 is 11.0 Å². The maximum Gasteiger partial charge on any atom is 0.192 e. The van der Waals surface area contributed by atoms with Crippen molar-refractivity contribution in [2.45, 2.75) is 58.5 Å². The van der Waals surface area contributed by atoms with E-state index in [1.165, 1.54) is 44.4 Å². The third-order valence-electron chi connectivity index (χ3n) is 3.68. The number of hydrogen-bond acceptors (Lipinski definition) is 3. The zero-order valence-corrected chi connectivity index (χ0v) is 12.9. The molecular formula is C18H24O3. The first kappa shape index (κ1) is 15.6. The Morgan fingerprint density at radius 1 is 1.14 bits per heavy atom. The molecule has 0 spiro atoms. The lowest BCUT2D eigenvalue weighted by Gasteiger charge is -2.14. The number of fused-ring (bicyclic) bond motifs is 1. The maximum atomic E-state index is 11.6. The predicted molar refractivity (Wildman–Crippen MR) is 86.0 cm³/mol. The Kier molecular flexibility index (Phi) is 5.85. The normalized spacial score (nSPS) is 12.5. The van der Waals surface area contributed by atoms with Crippen molar-refractivity contribution < 1.29 is 9.15 Å². The van der Waals surface area contributed by atoms with Crippen LogP contribution in [0.25, 0.3) is 11.0 Å². The van der Waals surface area contributed by atoms with Crippen molar-refractivity contribution in [1.29, 1.82) is 0 Å². The summed E-state index contributed by atoms with van der Waals surface area (Å²) in [6, 6.07) is 6.84. The van der Waals surface area contributed by atoms with E-state index in [1.54, 1.807) is 12.1 Å². The third-order valence-corrected chi connectivity index (χ3v) is 3.68. The second-order valence-electron chi connectivity index (χ2n) is 5.57. The van der Waals surface area contributed by atoms with Crippen LogP contribution in [-0.2, 0) is 0 Å². The van der Waals surface area contributed by atoms with Gasteiger partial charge in [-0.1, -0.05) is 32.6 Å². The van der Waals surface area contributed by atoms with E-state index < -0.39 is 0 Å². The highest BCUT2D eigenvalue weighted by molar-refractivity contribution is 5.77. The fraction of sp³-hybridized carbons (Fsp3) is 0.500. The summed E-state index contributed by atoms with van der Waals surface area (Å²) in [6.07, 6.45) is 9.03. The number of ether oxygens (including phenoxy) is 1. The third kappa shape index (κ3) is 4.62. The molecule has 0 bridgehead atoms. The molecule has 0 fully saturated rings. The second kappa shape index (κ2) is 7.87. The Morgan fingerprint density at radius 2 is 1.95 bits per heavy atom. The molecule has 0 saturated carbocycles. The molecule has 0 N–H and O–H groups in total. The first-order chi connectivity index (χ1) is 10.2. The number of unbranched alkanes of at least 4 members (excludes halogenated alkanes) is 4. The molecule has 1 heterocycles. The summed E-state index contributed by atoms with van der Waals surface area (Å²) >= 11 is 0. The molecule has 0 saturated heterocycles. The molecule has 3 heteroatoms. The van der Waals surface area contributed by atoms with Gasteiger partial charge in [0, 0.05) is 12.1 Å². The van der Waals surface area contributed by atoms with E-state index in [0.717, 1.165) is 12.2 Å². The van der Waals surface area contributed by atoms with Crippen molar-refractivity contribution in [3.8, 4) is 5.75 Å². The molecule has 1 aromatic carbocycles. The van der Waals surface area contributed by atoms with E-state index in [2.05, 4.69) is 13.8 Å². The first-order valence-corrected chi connectivity index (χ1v) is 7.89. The molecule has 0 radical (unpaired) electrons. The molecule has 0 aliphatic rings. The minimum absolute atomic E-state index is 0.0215. The van der Waals surface area contributed by atoms with Crippen molar-refractivity contribution in [2.24, 2.45) is 0 Å². The molecule has 1 aromatic heterocycles. The van der Waals surface area contributed by atoms with Gasteiger partial charge in [0.05, 0.1) is 17.8 Å². The highest BCUT2D eigenvalue weighted by Gasteiger charge is 2.06. The van der Waals surface area contributed by atoms with Crippen LogP contribution in [0.1, 0.15) is 52.4 Å². The monoisotopic (exact) mass is 288 g/mol. The molecule has 2 aromatic rings. The molecule has 2 rings (SSSR count). The molecule has 0 unspecified atom stereocenters. The van der Waals surface area contributed by atoms with Gasteiger partial charge in [0.2, 0.25) is 0 Å². The van der Waals surface area contributed by atoms with Crippen molar-refractivity contribution in [1.82, 2.24) is 0 Å². The van der Waals surface area contributed by atoms with Crippen LogP contribution in [0.2, 0.25) is 0 Å². The summed E-state index contributed by atoms with van der Waals surface area (Å²) < 4.78 is 11.3. The number of rotatable bonds is 8. The molecule has 0 aliphatic carbocycles. The average Bonchev–Trinajstić information content (AvgIpc) is 2.47. The van der Waals surface area contributed by atoms with Gasteiger partial charge in [-0.15, -0.1) is 0 Å². The summed E-state index contributed by atoms with van der Waals surface area (Å²) in [5.74, 6) is 0.762. The number of benzene rings is 1. The highest BCUT2D eigenvalue weighted by Crippen LogP contribution is 2.20. The van der Waals surface area contributed by atoms with Crippen LogP contribution in [0, 0.1) is 0 Å². The topological polar surface area (TPSA) is 39.4 Å². The van der Waals surface area contributed by atoms with Gasteiger partial charge in [0.1, 0.15) is 11.3 Å².